The van der Waals surface area contributed by atoms with Gasteiger partial charge in [-0.2, -0.15) is 9.61 Å². The van der Waals surface area contributed by atoms with Crippen LogP contribution in [0.5, 0.6) is 5.88 Å². The lowest BCUT2D eigenvalue weighted by Crippen LogP contribution is -2.20. The average Bonchev–Trinajstić information content (AvgIpc) is 3.31. The maximum atomic E-state index is 14.3. The minimum Gasteiger partial charge on any atom is -0.493 e. The van der Waals surface area contributed by atoms with Gasteiger partial charge < -0.3 is 20.4 Å². The van der Waals surface area contributed by atoms with E-state index in [0.29, 0.717) is 28.7 Å². The van der Waals surface area contributed by atoms with Crippen LogP contribution in [0.2, 0.25) is 0 Å². The van der Waals surface area contributed by atoms with Gasteiger partial charge in [-0.05, 0) is 54.3 Å². The molecular weight excluding hydrogens is 501 g/mol. The van der Waals surface area contributed by atoms with E-state index in [1.807, 2.05) is 24.4 Å². The second-order valence-corrected chi connectivity index (χ2v) is 9.48. The van der Waals surface area contributed by atoms with Crippen molar-refractivity contribution < 1.29 is 9.50 Å². The summed E-state index contributed by atoms with van der Waals surface area (Å²) in [6, 6.07) is 10.7. The standard InChI is InChI=1S/C27H22FN9O2/c28-18-2-1-15(20(9-18)16-7-14-5-6-29-24(14)31-12-16)11-30-22-10-23(33-19-3-4-19)37-25(35-22)17(13-32-37)8-21-26(38)36-27(39)34-21/h1-2,5-10,12-13,19,30,38H,3-4,11H2,(H,29,31)(H2,34,36,39). The number of aromatic hydroxyl groups is 1. The van der Waals surface area contributed by atoms with Crippen LogP contribution in [0.15, 0.2) is 64.8 Å². The largest absolute Gasteiger partial charge is 0.493 e. The Bertz CT molecular complexity index is 2050. The first-order valence-electron chi connectivity index (χ1n) is 12.4. The second-order valence-electron chi connectivity index (χ2n) is 9.48. The molecule has 5 heterocycles. The van der Waals surface area contributed by atoms with Crippen LogP contribution in [-0.2, 0) is 6.54 Å². The van der Waals surface area contributed by atoms with Gasteiger partial charge in [0.2, 0.25) is 5.88 Å². The van der Waals surface area contributed by atoms with E-state index >= 15 is 0 Å². The molecule has 1 aliphatic rings. The third-order valence-corrected chi connectivity index (χ3v) is 6.62. The molecule has 11 nitrogen and oxygen atoms in total. The Hall–Kier alpha value is -5.26. The molecule has 0 aliphatic heterocycles. The molecule has 5 aromatic heterocycles. The van der Waals surface area contributed by atoms with Gasteiger partial charge in [-0.3, -0.25) is 9.98 Å². The van der Waals surface area contributed by atoms with Crippen molar-refractivity contribution in [3.8, 4) is 17.0 Å². The Morgan fingerprint density at radius 2 is 2.08 bits per heavy atom. The molecule has 0 unspecified atom stereocenters. The molecule has 0 spiro atoms. The fraction of sp³-hybridized carbons (Fsp3) is 0.148. The third-order valence-electron chi connectivity index (χ3n) is 6.62. The minimum atomic E-state index is -0.518. The summed E-state index contributed by atoms with van der Waals surface area (Å²) in [5.41, 5.74) is 4.01. The number of aromatic amines is 3. The molecule has 6 aromatic rings. The second kappa shape index (κ2) is 8.94. The number of benzene rings is 1. The lowest BCUT2D eigenvalue weighted by molar-refractivity contribution is 0.454. The molecule has 1 aromatic carbocycles. The van der Waals surface area contributed by atoms with E-state index in [0.717, 1.165) is 40.6 Å². The Morgan fingerprint density at radius 3 is 2.90 bits per heavy atom. The molecule has 1 fully saturated rings. The van der Waals surface area contributed by atoms with Gasteiger partial charge in [0.25, 0.3) is 0 Å². The van der Waals surface area contributed by atoms with Crippen molar-refractivity contribution in [1.29, 1.82) is 0 Å². The molecule has 5 N–H and O–H groups in total. The first kappa shape index (κ1) is 22.9. The van der Waals surface area contributed by atoms with Crippen molar-refractivity contribution in [2.45, 2.75) is 25.4 Å². The highest BCUT2D eigenvalue weighted by Crippen LogP contribution is 2.27. The van der Waals surface area contributed by atoms with Gasteiger partial charge in [0.1, 0.15) is 23.0 Å². The number of imidazole rings is 1. The molecule has 12 heteroatoms. The number of hydrogen-bond acceptors (Lipinski definition) is 7. The lowest BCUT2D eigenvalue weighted by Gasteiger charge is -2.12. The van der Waals surface area contributed by atoms with Gasteiger partial charge in [0.05, 0.1) is 12.2 Å². The molecular formula is C27H22FN9O2. The Labute approximate surface area is 218 Å². The number of hydrogen-bond donors (Lipinski definition) is 5. The summed E-state index contributed by atoms with van der Waals surface area (Å²) in [6.45, 7) is 0.367. The Morgan fingerprint density at radius 1 is 1.18 bits per heavy atom. The first-order valence-corrected chi connectivity index (χ1v) is 12.4. The fourth-order valence-electron chi connectivity index (χ4n) is 4.53. The molecule has 0 saturated heterocycles. The van der Waals surface area contributed by atoms with E-state index in [1.165, 1.54) is 12.1 Å². The number of aromatic nitrogens is 7. The van der Waals surface area contributed by atoms with Gasteiger partial charge in [0, 0.05) is 41.2 Å². The van der Waals surface area contributed by atoms with Crippen LogP contribution in [0.4, 0.5) is 10.2 Å². The molecule has 1 saturated carbocycles. The summed E-state index contributed by atoms with van der Waals surface area (Å²) in [5, 5.41) is 19.3. The third kappa shape index (κ3) is 4.41. The van der Waals surface area contributed by atoms with Gasteiger partial charge in [-0.25, -0.2) is 19.2 Å². The molecule has 194 valence electrons. The number of halogens is 1. The van der Waals surface area contributed by atoms with Gasteiger partial charge >= 0.3 is 5.69 Å². The average molecular weight is 524 g/mol. The van der Waals surface area contributed by atoms with E-state index in [-0.39, 0.29) is 23.4 Å². The predicted molar refractivity (Wildman–Crippen MR) is 142 cm³/mol. The van der Waals surface area contributed by atoms with Gasteiger partial charge in [-0.15, -0.1) is 0 Å². The van der Waals surface area contributed by atoms with Crippen LogP contribution in [0.3, 0.4) is 0 Å². The molecule has 0 bridgehead atoms. The number of pyridine rings is 1. The summed E-state index contributed by atoms with van der Waals surface area (Å²) in [6.07, 6.45) is 8.77. The van der Waals surface area contributed by atoms with Crippen molar-refractivity contribution in [3.63, 3.8) is 0 Å². The van der Waals surface area contributed by atoms with E-state index < -0.39 is 5.69 Å². The highest BCUT2D eigenvalue weighted by atomic mass is 19.1. The lowest BCUT2D eigenvalue weighted by atomic mass is 10.00. The highest BCUT2D eigenvalue weighted by molar-refractivity contribution is 5.82. The number of nitrogens with zero attached hydrogens (tertiary/aromatic N) is 5. The summed E-state index contributed by atoms with van der Waals surface area (Å²) in [5.74, 6) is -0.0514. The van der Waals surface area contributed by atoms with Crippen molar-refractivity contribution in [3.05, 3.63) is 93.3 Å². The maximum Gasteiger partial charge on any atom is 0.326 e. The molecule has 0 atom stereocenters. The smallest absolute Gasteiger partial charge is 0.326 e. The van der Waals surface area contributed by atoms with Crippen molar-refractivity contribution in [2.75, 3.05) is 5.32 Å². The molecule has 39 heavy (non-hydrogen) atoms. The SMILES string of the molecule is O=c1[nH]c(O)c(C=c2cnn3c(=NC4CC4)cc(NCc4ccc(F)cc4-c4cnc5[nH]ccc5c4)nc23)[nH]1. The van der Waals surface area contributed by atoms with E-state index in [4.69, 9.17) is 9.98 Å². The van der Waals surface area contributed by atoms with E-state index in [1.54, 1.807) is 29.1 Å². The fourth-order valence-corrected chi connectivity index (χ4v) is 4.53. The predicted octanol–water partition coefficient (Wildman–Crippen LogP) is 2.36. The number of rotatable bonds is 6. The Balaban J connectivity index is 1.28. The number of fused-ring (bicyclic) bond motifs is 2. The van der Waals surface area contributed by atoms with Crippen LogP contribution in [0.25, 0.3) is 33.9 Å². The van der Waals surface area contributed by atoms with E-state index in [2.05, 4.69) is 30.4 Å². The highest BCUT2D eigenvalue weighted by Gasteiger charge is 2.20. The zero-order valence-corrected chi connectivity index (χ0v) is 20.4. The van der Waals surface area contributed by atoms with Crippen molar-refractivity contribution >= 4 is 28.6 Å². The maximum absolute atomic E-state index is 14.3. The van der Waals surface area contributed by atoms with Crippen LogP contribution in [0, 0.1) is 5.82 Å². The van der Waals surface area contributed by atoms with Crippen molar-refractivity contribution in [2.24, 2.45) is 4.99 Å². The van der Waals surface area contributed by atoms with Crippen LogP contribution in [-0.4, -0.2) is 45.7 Å². The Kier molecular flexibility index (Phi) is 5.25. The molecule has 1 aliphatic carbocycles. The van der Waals surface area contributed by atoms with Gasteiger partial charge in [0.15, 0.2) is 11.1 Å². The monoisotopic (exact) mass is 523 g/mol. The summed E-state index contributed by atoms with van der Waals surface area (Å²) in [7, 11) is 0. The topological polar surface area (TPSA) is 152 Å². The number of anilines is 1. The summed E-state index contributed by atoms with van der Waals surface area (Å²) >= 11 is 0. The molecule has 0 amide bonds. The van der Waals surface area contributed by atoms with E-state index in [9.17, 15) is 14.3 Å². The first-order chi connectivity index (χ1) is 19.0. The minimum absolute atomic E-state index is 0.222. The number of H-pyrrole nitrogens is 3. The molecule has 0 radical (unpaired) electrons. The van der Waals surface area contributed by atoms with Crippen LogP contribution in [0.1, 0.15) is 24.1 Å². The normalized spacial score (nSPS) is 14.6. The van der Waals surface area contributed by atoms with Gasteiger partial charge in [-0.1, -0.05) is 6.07 Å². The summed E-state index contributed by atoms with van der Waals surface area (Å²) in [4.78, 5) is 33.5. The van der Waals surface area contributed by atoms with Crippen molar-refractivity contribution in [1.82, 2.24) is 34.5 Å². The number of nitrogens with one attached hydrogen (secondary N) is 4. The quantitative estimate of drug-likeness (QED) is 0.226. The van der Waals surface area contributed by atoms with Crippen LogP contribution < -0.4 is 21.7 Å². The zero-order valence-electron chi connectivity index (χ0n) is 20.4. The zero-order chi connectivity index (χ0) is 26.5. The summed E-state index contributed by atoms with van der Waals surface area (Å²) < 4.78 is 15.9. The van der Waals surface area contributed by atoms with Crippen LogP contribution >= 0.6 is 0 Å². The molecule has 7 rings (SSSR count).